The topological polar surface area (TPSA) is 180 Å². The molecule has 1 rings (SSSR count). The molecule has 0 unspecified atom stereocenters. The lowest BCUT2D eigenvalue weighted by atomic mass is 10.1. The van der Waals surface area contributed by atoms with Crippen LogP contribution in [0.3, 0.4) is 0 Å². The number of ether oxygens (including phenoxy) is 4. The van der Waals surface area contributed by atoms with E-state index in [2.05, 4.69) is 18.9 Å². The van der Waals surface area contributed by atoms with Crippen molar-refractivity contribution in [2.24, 2.45) is 0 Å². The van der Waals surface area contributed by atoms with Gasteiger partial charge in [-0.2, -0.15) is 0 Å². The Balaban J connectivity index is 0. The molecule has 0 radical (unpaired) electrons. The molecule has 0 aliphatic rings. The van der Waals surface area contributed by atoms with Gasteiger partial charge in [0.15, 0.2) is 0 Å². The molecule has 0 aliphatic heterocycles. The first-order valence-corrected chi connectivity index (χ1v) is 10.4. The molecule has 0 aliphatic carbocycles. The third-order valence-electron chi connectivity index (χ3n) is 4.07. The van der Waals surface area contributed by atoms with Gasteiger partial charge in [0.2, 0.25) is 0 Å². The van der Waals surface area contributed by atoms with Gasteiger partial charge < -0.3 is 29.2 Å². The molecule has 0 saturated carbocycles. The molecule has 0 atom stereocenters. The summed E-state index contributed by atoms with van der Waals surface area (Å²) in [6.45, 7) is 0. The minimum absolute atomic E-state index is 0.190. The minimum atomic E-state index is -1.23. The van der Waals surface area contributed by atoms with Gasteiger partial charge in [-0.25, -0.2) is 9.59 Å². The van der Waals surface area contributed by atoms with Gasteiger partial charge in [-0.05, 0) is 31.4 Å². The Morgan fingerprint density at radius 3 is 1.03 bits per heavy atom. The third-order valence-corrected chi connectivity index (χ3v) is 4.07. The van der Waals surface area contributed by atoms with Gasteiger partial charge in [-0.15, -0.1) is 0 Å². The molecule has 0 aromatic heterocycles. The molecule has 0 bridgehead atoms. The van der Waals surface area contributed by atoms with E-state index in [1.54, 1.807) is 0 Å². The Kier molecular flexibility index (Phi) is 19.6. The second-order valence-corrected chi connectivity index (χ2v) is 6.52. The van der Waals surface area contributed by atoms with E-state index in [-0.39, 0.29) is 47.8 Å². The average Bonchev–Trinajstić information content (AvgIpc) is 2.86. The highest BCUT2D eigenvalue weighted by Crippen LogP contribution is 2.08. The minimum Gasteiger partial charge on any atom is -0.478 e. The lowest BCUT2D eigenvalue weighted by molar-refractivity contribution is -0.143. The van der Waals surface area contributed by atoms with Crippen molar-refractivity contribution in [1.82, 2.24) is 0 Å². The van der Waals surface area contributed by atoms with Crippen LogP contribution in [0.4, 0.5) is 0 Å². The number of esters is 4. The Morgan fingerprint density at radius 1 is 0.543 bits per heavy atom. The number of rotatable bonds is 11. The van der Waals surface area contributed by atoms with Gasteiger partial charge >= 0.3 is 35.8 Å². The van der Waals surface area contributed by atoms with E-state index in [4.69, 9.17) is 10.2 Å². The van der Waals surface area contributed by atoms with E-state index < -0.39 is 11.9 Å². The van der Waals surface area contributed by atoms with Crippen LogP contribution in [0, 0.1) is 0 Å². The molecule has 12 nitrogen and oxygen atoms in total. The van der Waals surface area contributed by atoms with Crippen molar-refractivity contribution < 1.29 is 57.9 Å². The quantitative estimate of drug-likeness (QED) is 0.258. The smallest absolute Gasteiger partial charge is 0.336 e. The first-order chi connectivity index (χ1) is 16.5. The molecular weight excluding hydrogens is 468 g/mol. The van der Waals surface area contributed by atoms with Gasteiger partial charge in [0, 0.05) is 25.7 Å². The van der Waals surface area contributed by atoms with Crippen molar-refractivity contribution in [3.8, 4) is 0 Å². The molecule has 0 saturated heterocycles. The lowest BCUT2D eigenvalue weighted by Crippen LogP contribution is -2.06. The van der Waals surface area contributed by atoms with Crippen molar-refractivity contribution in [2.45, 2.75) is 44.9 Å². The highest BCUT2D eigenvalue weighted by molar-refractivity contribution is 6.01. The van der Waals surface area contributed by atoms with E-state index in [1.807, 2.05) is 0 Å². The third kappa shape index (κ3) is 18.2. The van der Waals surface area contributed by atoms with Crippen molar-refractivity contribution >= 4 is 35.8 Å². The Hall–Kier alpha value is -3.96. The van der Waals surface area contributed by atoms with Crippen LogP contribution in [0.25, 0.3) is 0 Å². The number of carboxylic acid groups (broad SMARTS) is 2. The average molecular weight is 500 g/mol. The van der Waals surface area contributed by atoms with Crippen LogP contribution in [0.2, 0.25) is 0 Å². The van der Waals surface area contributed by atoms with Gasteiger partial charge in [-0.3, -0.25) is 19.2 Å². The van der Waals surface area contributed by atoms with Crippen LogP contribution in [0.5, 0.6) is 0 Å². The van der Waals surface area contributed by atoms with Gasteiger partial charge in [0.25, 0.3) is 0 Å². The first-order valence-electron chi connectivity index (χ1n) is 10.4. The summed E-state index contributed by atoms with van der Waals surface area (Å²) < 4.78 is 17.6. The van der Waals surface area contributed by atoms with Crippen molar-refractivity contribution in [3.63, 3.8) is 0 Å². The number of benzene rings is 1. The first kappa shape index (κ1) is 33.2. The van der Waals surface area contributed by atoms with Crippen LogP contribution >= 0.6 is 0 Å². The van der Waals surface area contributed by atoms with Crippen LogP contribution in [0.15, 0.2) is 24.3 Å². The largest absolute Gasteiger partial charge is 0.478 e. The molecule has 0 spiro atoms. The van der Waals surface area contributed by atoms with Crippen LogP contribution in [0.1, 0.15) is 65.7 Å². The SMILES string of the molecule is COC(=O)CCCC(=O)OC.COC(=O)CCCCC(=O)OC.O=C(O)c1ccccc1C(=O)O. The van der Waals surface area contributed by atoms with E-state index >= 15 is 0 Å². The molecule has 0 amide bonds. The summed E-state index contributed by atoms with van der Waals surface area (Å²) in [4.78, 5) is 63.1. The van der Waals surface area contributed by atoms with E-state index in [0.717, 1.165) is 0 Å². The summed E-state index contributed by atoms with van der Waals surface area (Å²) >= 11 is 0. The van der Waals surface area contributed by atoms with Gasteiger partial charge in [-0.1, -0.05) is 12.1 Å². The Morgan fingerprint density at radius 2 is 0.800 bits per heavy atom. The normalized spacial score (nSPS) is 9.14. The molecule has 196 valence electrons. The number of carboxylic acids is 2. The number of hydrogen-bond acceptors (Lipinski definition) is 10. The number of aromatic carboxylic acids is 2. The summed E-state index contributed by atoms with van der Waals surface area (Å²) in [6, 6.07) is 5.48. The highest BCUT2D eigenvalue weighted by Gasteiger charge is 2.13. The fourth-order valence-corrected chi connectivity index (χ4v) is 2.18. The summed E-state index contributed by atoms with van der Waals surface area (Å²) in [7, 11) is 5.34. The molecule has 1 aromatic rings. The molecule has 1 aromatic carbocycles. The zero-order chi connectivity index (χ0) is 27.2. The van der Waals surface area contributed by atoms with Crippen LogP contribution < -0.4 is 0 Å². The van der Waals surface area contributed by atoms with Gasteiger partial charge in [0.1, 0.15) is 0 Å². The summed E-state index contributed by atoms with van der Waals surface area (Å²) in [5.74, 6) is -3.52. The second-order valence-electron chi connectivity index (χ2n) is 6.52. The predicted molar refractivity (Wildman–Crippen MR) is 121 cm³/mol. The van der Waals surface area contributed by atoms with Crippen molar-refractivity contribution in [1.29, 1.82) is 0 Å². The van der Waals surface area contributed by atoms with E-state index in [1.165, 1.54) is 52.7 Å². The van der Waals surface area contributed by atoms with E-state index in [0.29, 0.717) is 32.1 Å². The predicted octanol–water partition coefficient (Wildman–Crippen LogP) is 2.48. The molecule has 12 heteroatoms. The van der Waals surface area contributed by atoms with Gasteiger partial charge in [0.05, 0.1) is 39.6 Å². The zero-order valence-electron chi connectivity index (χ0n) is 20.2. The fourth-order valence-electron chi connectivity index (χ4n) is 2.18. The number of carbonyl (C=O) groups excluding carboxylic acids is 4. The van der Waals surface area contributed by atoms with E-state index in [9.17, 15) is 28.8 Å². The lowest BCUT2D eigenvalue weighted by Gasteiger charge is -1.98. The second kappa shape index (κ2) is 20.6. The maximum atomic E-state index is 10.6. The number of hydrogen-bond donors (Lipinski definition) is 2. The molecule has 2 N–H and O–H groups in total. The monoisotopic (exact) mass is 500 g/mol. The molecule has 0 fully saturated rings. The Bertz CT molecular complexity index is 765. The fraction of sp³-hybridized carbons (Fsp3) is 0.478. The van der Waals surface area contributed by atoms with Crippen molar-refractivity contribution in [2.75, 3.05) is 28.4 Å². The van der Waals surface area contributed by atoms with Crippen LogP contribution in [-0.4, -0.2) is 74.5 Å². The highest BCUT2D eigenvalue weighted by atomic mass is 16.5. The number of carbonyl (C=O) groups is 6. The van der Waals surface area contributed by atoms with Crippen LogP contribution in [-0.2, 0) is 38.1 Å². The maximum absolute atomic E-state index is 10.6. The standard InChI is InChI=1S/C8H6O4.C8H14O4.C7H12O4/c9-7(10)5-3-1-2-4-6(5)8(11)12;1-11-7(9)5-3-4-6-8(10)12-2;1-10-6(8)4-3-5-7(9)11-2/h1-4H,(H,9,10)(H,11,12);3-6H2,1-2H3;3-5H2,1-2H3. The summed E-state index contributed by atoms with van der Waals surface area (Å²) in [5, 5.41) is 17.1. The number of unbranched alkanes of at least 4 members (excludes halogenated alkanes) is 1. The Labute approximate surface area is 203 Å². The summed E-state index contributed by atoms with van der Waals surface area (Å²) in [5.41, 5.74) is -0.380. The number of methoxy groups -OCH3 is 4. The molecule has 0 heterocycles. The van der Waals surface area contributed by atoms with Crippen molar-refractivity contribution in [3.05, 3.63) is 35.4 Å². The molecule has 35 heavy (non-hydrogen) atoms. The maximum Gasteiger partial charge on any atom is 0.336 e. The summed E-state index contributed by atoms with van der Waals surface area (Å²) in [6.07, 6.45) is 3.10. The molecular formula is C23H32O12. The zero-order valence-corrected chi connectivity index (χ0v) is 20.2.